The van der Waals surface area contributed by atoms with Crippen LogP contribution >= 0.6 is 0 Å². The molecule has 1 N–H and O–H groups in total. The lowest BCUT2D eigenvalue weighted by Gasteiger charge is -2.16. The van der Waals surface area contributed by atoms with E-state index in [0.717, 1.165) is 11.1 Å². The Morgan fingerprint density at radius 3 is 2.15 bits per heavy atom. The molecule has 0 spiro atoms. The van der Waals surface area contributed by atoms with Crippen molar-refractivity contribution in [1.29, 1.82) is 0 Å². The molecule has 33 heavy (non-hydrogen) atoms. The molecule has 0 saturated heterocycles. The topological polar surface area (TPSA) is 78.1 Å². The van der Waals surface area contributed by atoms with Gasteiger partial charge >= 0.3 is 0 Å². The molecule has 0 aliphatic carbocycles. The number of methoxy groups -OCH3 is 2. The van der Waals surface area contributed by atoms with E-state index in [0.29, 0.717) is 40.4 Å². The second-order valence-corrected chi connectivity index (χ2v) is 7.09. The van der Waals surface area contributed by atoms with Crippen molar-refractivity contribution < 1.29 is 23.7 Å². The van der Waals surface area contributed by atoms with Gasteiger partial charge in [-0.25, -0.2) is 0 Å². The molecule has 0 unspecified atom stereocenters. The predicted octanol–water partition coefficient (Wildman–Crippen LogP) is 6.10. The van der Waals surface area contributed by atoms with Gasteiger partial charge in [0.15, 0.2) is 17.3 Å². The minimum absolute atomic E-state index is 0.0348. The first kappa shape index (κ1) is 23.7. The van der Waals surface area contributed by atoms with Crippen LogP contribution in [-0.2, 0) is 6.61 Å². The van der Waals surface area contributed by atoms with E-state index in [1.807, 2.05) is 57.2 Å². The SMILES string of the molecule is CC.COc1cc(-c2oc3ccc(C)cc3c(=O)c2O)cc(OC)c1OCc1ccccc1. The van der Waals surface area contributed by atoms with Gasteiger partial charge in [-0.1, -0.05) is 55.8 Å². The van der Waals surface area contributed by atoms with Crippen LogP contribution in [0.2, 0.25) is 0 Å². The molecule has 4 rings (SSSR count). The number of hydrogen-bond acceptors (Lipinski definition) is 6. The highest BCUT2D eigenvalue weighted by Crippen LogP contribution is 2.43. The highest BCUT2D eigenvalue weighted by Gasteiger charge is 2.21. The van der Waals surface area contributed by atoms with E-state index in [4.69, 9.17) is 18.6 Å². The minimum atomic E-state index is -0.498. The van der Waals surface area contributed by atoms with Crippen LogP contribution in [0.4, 0.5) is 0 Å². The summed E-state index contributed by atoms with van der Waals surface area (Å²) in [4.78, 5) is 12.7. The Bertz CT molecular complexity index is 1270. The predicted molar refractivity (Wildman–Crippen MR) is 130 cm³/mol. The average Bonchev–Trinajstić information content (AvgIpc) is 2.86. The summed E-state index contributed by atoms with van der Waals surface area (Å²) < 4.78 is 22.9. The van der Waals surface area contributed by atoms with Gasteiger partial charge in [-0.15, -0.1) is 0 Å². The van der Waals surface area contributed by atoms with Gasteiger partial charge < -0.3 is 23.7 Å². The van der Waals surface area contributed by atoms with E-state index in [9.17, 15) is 9.90 Å². The second kappa shape index (κ2) is 10.6. The third-order valence-corrected chi connectivity index (χ3v) is 4.97. The number of aryl methyl sites for hydroxylation is 1. The summed E-state index contributed by atoms with van der Waals surface area (Å²) in [6.07, 6.45) is 0. The number of hydrogen-bond donors (Lipinski definition) is 1. The highest BCUT2D eigenvalue weighted by atomic mass is 16.5. The zero-order chi connectivity index (χ0) is 24.0. The van der Waals surface area contributed by atoms with Crippen LogP contribution in [0.15, 0.2) is 69.9 Å². The number of benzene rings is 3. The molecule has 4 aromatic rings. The van der Waals surface area contributed by atoms with Crippen LogP contribution in [0, 0.1) is 6.92 Å². The van der Waals surface area contributed by atoms with Gasteiger partial charge in [-0.05, 0) is 36.8 Å². The summed E-state index contributed by atoms with van der Waals surface area (Å²) in [7, 11) is 3.01. The van der Waals surface area contributed by atoms with Crippen molar-refractivity contribution in [2.24, 2.45) is 0 Å². The standard InChI is InChI=1S/C25H22O6.C2H6/c1-15-9-10-19-18(11-15)22(26)23(27)24(31-19)17-12-20(28-2)25(21(13-17)29-3)30-14-16-7-5-4-6-8-16;1-2/h4-13,27H,14H2,1-3H3;1-2H3. The Morgan fingerprint density at radius 2 is 1.55 bits per heavy atom. The molecule has 3 aromatic carbocycles. The number of aromatic hydroxyl groups is 1. The summed E-state index contributed by atoms with van der Waals surface area (Å²) in [5, 5.41) is 10.9. The van der Waals surface area contributed by atoms with Crippen molar-refractivity contribution in [2.75, 3.05) is 14.2 Å². The van der Waals surface area contributed by atoms with Gasteiger partial charge in [0, 0.05) is 5.56 Å². The fourth-order valence-electron chi connectivity index (χ4n) is 3.38. The van der Waals surface area contributed by atoms with Crippen LogP contribution in [0.1, 0.15) is 25.0 Å². The molecule has 0 radical (unpaired) electrons. The smallest absolute Gasteiger partial charge is 0.235 e. The average molecular weight is 449 g/mol. The summed E-state index contributed by atoms with van der Waals surface area (Å²) in [5.74, 6) is 0.747. The molecule has 6 heteroatoms. The summed E-state index contributed by atoms with van der Waals surface area (Å²) in [5.41, 5.74) is 2.20. The number of ether oxygens (including phenoxy) is 3. The Balaban J connectivity index is 0.00000149. The van der Waals surface area contributed by atoms with Crippen molar-refractivity contribution in [3.05, 3.63) is 82.0 Å². The molecular formula is C27H28O6. The van der Waals surface area contributed by atoms with Gasteiger partial charge in [0.05, 0.1) is 19.6 Å². The van der Waals surface area contributed by atoms with Crippen molar-refractivity contribution in [1.82, 2.24) is 0 Å². The molecule has 0 amide bonds. The Kier molecular flexibility index (Phi) is 7.61. The second-order valence-electron chi connectivity index (χ2n) is 7.09. The summed E-state index contributed by atoms with van der Waals surface area (Å²) >= 11 is 0. The zero-order valence-electron chi connectivity index (χ0n) is 19.5. The minimum Gasteiger partial charge on any atom is -0.502 e. The third-order valence-electron chi connectivity index (χ3n) is 4.97. The molecule has 0 saturated carbocycles. The molecule has 0 fully saturated rings. The van der Waals surface area contributed by atoms with E-state index >= 15 is 0 Å². The lowest BCUT2D eigenvalue weighted by atomic mass is 10.1. The molecular weight excluding hydrogens is 420 g/mol. The molecule has 172 valence electrons. The third kappa shape index (κ3) is 4.95. The molecule has 0 bridgehead atoms. The molecule has 0 aliphatic heterocycles. The van der Waals surface area contributed by atoms with Crippen molar-refractivity contribution in [3.63, 3.8) is 0 Å². The van der Waals surface area contributed by atoms with E-state index in [1.165, 1.54) is 14.2 Å². The van der Waals surface area contributed by atoms with Crippen molar-refractivity contribution in [3.8, 4) is 34.3 Å². The van der Waals surface area contributed by atoms with Crippen molar-refractivity contribution in [2.45, 2.75) is 27.4 Å². The maximum atomic E-state index is 12.7. The van der Waals surface area contributed by atoms with Gasteiger partial charge in [-0.3, -0.25) is 4.79 Å². The Hall–Kier alpha value is -3.93. The summed E-state index contributed by atoms with van der Waals surface area (Å²) in [6.45, 7) is 6.19. The number of rotatable bonds is 6. The molecule has 0 aliphatic rings. The fraction of sp³-hybridized carbons (Fsp3) is 0.222. The van der Waals surface area contributed by atoms with Gasteiger partial charge in [0.25, 0.3) is 0 Å². The van der Waals surface area contributed by atoms with E-state index in [2.05, 4.69) is 0 Å². The first-order valence-corrected chi connectivity index (χ1v) is 10.7. The van der Waals surface area contributed by atoms with Crippen LogP contribution in [0.5, 0.6) is 23.0 Å². The lowest BCUT2D eigenvalue weighted by molar-refractivity contribution is 0.266. The monoisotopic (exact) mass is 448 g/mol. The Labute approximate surface area is 193 Å². The molecule has 1 heterocycles. The largest absolute Gasteiger partial charge is 0.502 e. The number of fused-ring (bicyclic) bond motifs is 1. The maximum Gasteiger partial charge on any atom is 0.235 e. The van der Waals surface area contributed by atoms with Crippen LogP contribution < -0.4 is 19.6 Å². The normalized spacial score (nSPS) is 10.3. The lowest BCUT2D eigenvalue weighted by Crippen LogP contribution is -2.04. The fourth-order valence-corrected chi connectivity index (χ4v) is 3.38. The van der Waals surface area contributed by atoms with Crippen molar-refractivity contribution >= 4 is 11.0 Å². The van der Waals surface area contributed by atoms with E-state index in [-0.39, 0.29) is 5.76 Å². The van der Waals surface area contributed by atoms with Crippen LogP contribution in [0.25, 0.3) is 22.3 Å². The van der Waals surface area contributed by atoms with Gasteiger partial charge in [0.1, 0.15) is 12.2 Å². The molecule has 6 nitrogen and oxygen atoms in total. The first-order valence-electron chi connectivity index (χ1n) is 10.7. The van der Waals surface area contributed by atoms with Crippen LogP contribution in [0.3, 0.4) is 0 Å². The quantitative estimate of drug-likeness (QED) is 0.384. The van der Waals surface area contributed by atoms with Gasteiger partial charge in [0.2, 0.25) is 16.9 Å². The van der Waals surface area contributed by atoms with E-state index in [1.54, 1.807) is 24.3 Å². The highest BCUT2D eigenvalue weighted by molar-refractivity contribution is 5.83. The summed E-state index contributed by atoms with van der Waals surface area (Å²) in [6, 6.07) is 18.2. The molecule has 0 atom stereocenters. The zero-order valence-corrected chi connectivity index (χ0v) is 19.5. The van der Waals surface area contributed by atoms with E-state index < -0.39 is 11.2 Å². The van der Waals surface area contributed by atoms with Gasteiger partial charge in [-0.2, -0.15) is 0 Å². The maximum absolute atomic E-state index is 12.7. The molecule has 1 aromatic heterocycles. The first-order chi connectivity index (χ1) is 16.0. The Morgan fingerprint density at radius 1 is 0.909 bits per heavy atom. The van der Waals surface area contributed by atoms with Crippen LogP contribution in [-0.4, -0.2) is 19.3 Å².